The lowest BCUT2D eigenvalue weighted by atomic mass is 10.1. The van der Waals surface area contributed by atoms with Gasteiger partial charge in [-0.25, -0.2) is 4.98 Å². The molecule has 7 nitrogen and oxygen atoms in total. The van der Waals surface area contributed by atoms with Crippen LogP contribution in [-0.4, -0.2) is 41.0 Å². The lowest BCUT2D eigenvalue weighted by molar-refractivity contribution is -0.384. The summed E-state index contributed by atoms with van der Waals surface area (Å²) in [5.74, 6) is 0. The van der Waals surface area contributed by atoms with Gasteiger partial charge >= 0.3 is 5.69 Å². The second-order valence-electron chi connectivity index (χ2n) is 7.44. The van der Waals surface area contributed by atoms with Crippen LogP contribution in [0.3, 0.4) is 0 Å². The van der Waals surface area contributed by atoms with E-state index < -0.39 is 13.0 Å². The monoisotopic (exact) mass is 438 g/mol. The van der Waals surface area contributed by atoms with E-state index >= 15 is 0 Å². The topological polar surface area (TPSA) is 83.1 Å². The van der Waals surface area contributed by atoms with Gasteiger partial charge in [-0.3, -0.25) is 14.8 Å². The zero-order valence-electron chi connectivity index (χ0n) is 18.0. The first-order valence-corrected chi connectivity index (χ1v) is 13.4. The minimum absolute atomic E-state index is 0.0744. The number of pyridine rings is 1. The standard InChI is InChI=1S/C20H31ClN4O3Si/c1-6-29(7-2,8-3)14-13-28-12-11-24-16(5)18(15(4)23-24)19-20(25(26)27)17(21)9-10-22-19/h9-10H,6-8,11-14H2,1-5H3. The van der Waals surface area contributed by atoms with E-state index in [4.69, 9.17) is 16.3 Å². The fourth-order valence-corrected chi connectivity index (χ4v) is 7.22. The molecule has 0 saturated carbocycles. The molecule has 0 aliphatic carbocycles. The van der Waals surface area contributed by atoms with E-state index in [1.807, 2.05) is 18.5 Å². The molecular formula is C20H31ClN4O3Si. The number of aromatic nitrogens is 3. The van der Waals surface area contributed by atoms with Crippen molar-refractivity contribution in [2.45, 2.75) is 65.3 Å². The van der Waals surface area contributed by atoms with Crippen molar-refractivity contribution in [1.82, 2.24) is 14.8 Å². The van der Waals surface area contributed by atoms with Crippen molar-refractivity contribution in [3.63, 3.8) is 0 Å². The van der Waals surface area contributed by atoms with E-state index in [2.05, 4.69) is 30.9 Å². The lowest BCUT2D eigenvalue weighted by Crippen LogP contribution is -2.32. The van der Waals surface area contributed by atoms with Crippen LogP contribution in [-0.2, 0) is 11.3 Å². The highest BCUT2D eigenvalue weighted by Crippen LogP contribution is 2.36. The van der Waals surface area contributed by atoms with E-state index in [9.17, 15) is 10.1 Å². The number of ether oxygens (including phenoxy) is 1. The number of halogens is 1. The van der Waals surface area contributed by atoms with Gasteiger partial charge in [0.15, 0.2) is 5.69 Å². The van der Waals surface area contributed by atoms with Crippen LogP contribution in [0.15, 0.2) is 12.3 Å². The summed E-state index contributed by atoms with van der Waals surface area (Å²) >= 11 is 6.05. The summed E-state index contributed by atoms with van der Waals surface area (Å²) in [4.78, 5) is 15.2. The predicted octanol–water partition coefficient (Wildman–Crippen LogP) is 5.65. The van der Waals surface area contributed by atoms with E-state index in [1.165, 1.54) is 36.4 Å². The van der Waals surface area contributed by atoms with Crippen LogP contribution in [0.5, 0.6) is 0 Å². The Morgan fingerprint density at radius 1 is 1.21 bits per heavy atom. The molecule has 2 aromatic rings. The summed E-state index contributed by atoms with van der Waals surface area (Å²) in [6.07, 6.45) is 1.48. The highest BCUT2D eigenvalue weighted by atomic mass is 35.5. The molecule has 0 unspecified atom stereocenters. The van der Waals surface area contributed by atoms with Gasteiger partial charge in [0.05, 0.1) is 37.4 Å². The van der Waals surface area contributed by atoms with Gasteiger partial charge < -0.3 is 4.74 Å². The average Bonchev–Trinajstić information content (AvgIpc) is 2.98. The van der Waals surface area contributed by atoms with Gasteiger partial charge in [-0.15, -0.1) is 0 Å². The third-order valence-corrected chi connectivity index (χ3v) is 12.2. The normalized spacial score (nSPS) is 11.8. The number of rotatable bonds is 11. The highest BCUT2D eigenvalue weighted by molar-refractivity contribution is 6.79. The molecule has 29 heavy (non-hydrogen) atoms. The van der Waals surface area contributed by atoms with Gasteiger partial charge in [0.25, 0.3) is 0 Å². The Morgan fingerprint density at radius 3 is 2.45 bits per heavy atom. The Balaban J connectivity index is 2.10. The predicted molar refractivity (Wildman–Crippen MR) is 119 cm³/mol. The molecule has 0 N–H and O–H groups in total. The van der Waals surface area contributed by atoms with Crippen molar-refractivity contribution < 1.29 is 9.66 Å². The van der Waals surface area contributed by atoms with Crippen molar-refractivity contribution in [2.75, 3.05) is 13.2 Å². The molecule has 2 heterocycles. The number of hydrogen-bond donors (Lipinski definition) is 0. The summed E-state index contributed by atoms with van der Waals surface area (Å²) < 4.78 is 7.75. The minimum atomic E-state index is -1.16. The lowest BCUT2D eigenvalue weighted by Gasteiger charge is -2.27. The molecule has 0 saturated heterocycles. The maximum Gasteiger partial charge on any atom is 0.314 e. The van der Waals surface area contributed by atoms with E-state index in [1.54, 1.807) is 0 Å². The van der Waals surface area contributed by atoms with Crippen molar-refractivity contribution in [2.24, 2.45) is 0 Å². The zero-order chi connectivity index (χ0) is 21.6. The fraction of sp³-hybridized carbons (Fsp3) is 0.600. The first-order chi connectivity index (χ1) is 13.8. The Bertz CT molecular complexity index is 844. The Labute approximate surface area is 178 Å². The van der Waals surface area contributed by atoms with Gasteiger partial charge in [-0.1, -0.05) is 50.5 Å². The first kappa shape index (κ1) is 23.5. The quantitative estimate of drug-likeness (QED) is 0.196. The molecule has 2 rings (SSSR count). The van der Waals surface area contributed by atoms with Crippen molar-refractivity contribution in [3.05, 3.63) is 38.8 Å². The van der Waals surface area contributed by atoms with Gasteiger partial charge in [0, 0.05) is 18.5 Å². The first-order valence-electron chi connectivity index (χ1n) is 10.2. The van der Waals surface area contributed by atoms with Crippen LogP contribution in [0.2, 0.25) is 29.2 Å². The third-order valence-electron chi connectivity index (χ3n) is 6.15. The molecule has 0 aromatic carbocycles. The summed E-state index contributed by atoms with van der Waals surface area (Å²) in [7, 11) is -1.16. The Kier molecular flexibility index (Phi) is 8.36. The third kappa shape index (κ3) is 5.23. The maximum absolute atomic E-state index is 11.5. The summed E-state index contributed by atoms with van der Waals surface area (Å²) in [6, 6.07) is 6.52. The summed E-state index contributed by atoms with van der Waals surface area (Å²) in [5.41, 5.74) is 2.25. The van der Waals surface area contributed by atoms with E-state index in [0.717, 1.165) is 12.3 Å². The van der Waals surface area contributed by atoms with Crippen molar-refractivity contribution in [1.29, 1.82) is 0 Å². The van der Waals surface area contributed by atoms with Crippen molar-refractivity contribution in [3.8, 4) is 11.3 Å². The van der Waals surface area contributed by atoms with Crippen LogP contribution in [0.4, 0.5) is 5.69 Å². The van der Waals surface area contributed by atoms with Crippen LogP contribution in [0.1, 0.15) is 32.2 Å². The highest BCUT2D eigenvalue weighted by Gasteiger charge is 2.27. The van der Waals surface area contributed by atoms with Gasteiger partial charge in [-0.2, -0.15) is 5.10 Å². The van der Waals surface area contributed by atoms with E-state index in [-0.39, 0.29) is 16.4 Å². The fourth-order valence-electron chi connectivity index (χ4n) is 3.87. The Hall–Kier alpha value is -1.77. The average molecular weight is 439 g/mol. The van der Waals surface area contributed by atoms with Crippen LogP contribution >= 0.6 is 11.6 Å². The van der Waals surface area contributed by atoms with Crippen LogP contribution < -0.4 is 0 Å². The molecule has 2 aromatic heterocycles. The van der Waals surface area contributed by atoms with Gasteiger partial charge in [-0.05, 0) is 26.0 Å². The molecule has 0 amide bonds. The number of nitro groups is 1. The van der Waals surface area contributed by atoms with Crippen LogP contribution in [0, 0.1) is 24.0 Å². The molecule has 0 aliphatic heterocycles. The maximum atomic E-state index is 11.5. The molecule has 9 heteroatoms. The molecule has 0 radical (unpaired) electrons. The molecule has 0 aliphatic rings. The molecule has 160 valence electrons. The smallest absolute Gasteiger partial charge is 0.314 e. The zero-order valence-corrected chi connectivity index (χ0v) is 19.8. The molecule has 0 atom stereocenters. The number of aryl methyl sites for hydroxylation is 1. The second kappa shape index (κ2) is 10.3. The SMILES string of the molecule is CC[Si](CC)(CC)CCOCCn1nc(C)c(-c2nccc(Cl)c2[N+](=O)[O-])c1C. The van der Waals surface area contributed by atoms with E-state index in [0.29, 0.717) is 24.4 Å². The number of nitrogens with zero attached hydrogens (tertiary/aromatic N) is 4. The molecule has 0 spiro atoms. The second-order valence-corrected chi connectivity index (χ2v) is 13.5. The van der Waals surface area contributed by atoms with Crippen LogP contribution in [0.25, 0.3) is 11.3 Å². The largest absolute Gasteiger partial charge is 0.380 e. The van der Waals surface area contributed by atoms with Crippen molar-refractivity contribution >= 4 is 25.4 Å². The summed E-state index contributed by atoms with van der Waals surface area (Å²) in [5, 5.41) is 16.1. The minimum Gasteiger partial charge on any atom is -0.380 e. The summed E-state index contributed by atoms with van der Waals surface area (Å²) in [6.45, 7) is 12.6. The van der Waals surface area contributed by atoms with Gasteiger partial charge in [0.2, 0.25) is 0 Å². The molecule has 0 bridgehead atoms. The number of hydrogen-bond acceptors (Lipinski definition) is 5. The molecular weight excluding hydrogens is 408 g/mol. The Morgan fingerprint density at radius 2 is 1.86 bits per heavy atom. The van der Waals surface area contributed by atoms with Gasteiger partial charge in [0.1, 0.15) is 5.02 Å². The molecule has 0 fully saturated rings.